The fourth-order valence-corrected chi connectivity index (χ4v) is 3.62. The minimum atomic E-state index is -0.373. The van der Waals surface area contributed by atoms with Crippen LogP contribution in [0.15, 0.2) is 55.4 Å². The number of nitrogen functional groups attached to an aromatic ring is 1. The molecule has 0 fully saturated rings. The molecule has 132 valence electrons. The number of aromatic nitrogens is 3. The minimum Gasteiger partial charge on any atom is -0.469 e. The van der Waals surface area contributed by atoms with Gasteiger partial charge in [-0.15, -0.1) is 10.2 Å². The van der Waals surface area contributed by atoms with Crippen molar-refractivity contribution < 1.29 is 8.83 Å². The number of aryl methyl sites for hydroxylation is 2. The summed E-state index contributed by atoms with van der Waals surface area (Å²) in [6.45, 7) is 3.80. The molecule has 3 aromatic heterocycles. The van der Waals surface area contributed by atoms with E-state index >= 15 is 0 Å². The Kier molecular flexibility index (Phi) is 4.04. The molecule has 0 bridgehead atoms. The van der Waals surface area contributed by atoms with Crippen molar-refractivity contribution in [1.82, 2.24) is 14.9 Å². The van der Waals surface area contributed by atoms with Crippen molar-refractivity contribution >= 4 is 22.7 Å². The minimum absolute atomic E-state index is 0.373. The highest BCUT2D eigenvalue weighted by atomic mass is 32.2. The third kappa shape index (κ3) is 2.88. The molecular formula is C18H16N4O3S. The molecule has 3 heterocycles. The zero-order valence-electron chi connectivity index (χ0n) is 14.2. The molecule has 0 aliphatic carbocycles. The quantitative estimate of drug-likeness (QED) is 0.335. The van der Waals surface area contributed by atoms with E-state index < -0.39 is 0 Å². The zero-order valence-corrected chi connectivity index (χ0v) is 15.0. The summed E-state index contributed by atoms with van der Waals surface area (Å²) < 4.78 is 12.0. The molecule has 0 aliphatic heterocycles. The van der Waals surface area contributed by atoms with Gasteiger partial charge in [-0.25, -0.2) is 9.47 Å². The second-order valence-electron chi connectivity index (χ2n) is 5.95. The molecule has 8 heteroatoms. The maximum atomic E-state index is 11.8. The number of benzene rings is 1. The van der Waals surface area contributed by atoms with Crippen LogP contribution in [0.2, 0.25) is 0 Å². The lowest BCUT2D eigenvalue weighted by molar-refractivity contribution is 0.535. The molecule has 0 aliphatic rings. The van der Waals surface area contributed by atoms with E-state index in [0.717, 1.165) is 27.8 Å². The van der Waals surface area contributed by atoms with E-state index in [9.17, 15) is 4.79 Å². The second kappa shape index (κ2) is 6.38. The Morgan fingerprint density at radius 3 is 2.81 bits per heavy atom. The average molecular weight is 368 g/mol. The van der Waals surface area contributed by atoms with Gasteiger partial charge < -0.3 is 14.7 Å². The Morgan fingerprint density at radius 2 is 2.04 bits per heavy atom. The van der Waals surface area contributed by atoms with Gasteiger partial charge in [0.05, 0.1) is 11.8 Å². The predicted octanol–water partition coefficient (Wildman–Crippen LogP) is 3.27. The van der Waals surface area contributed by atoms with Crippen LogP contribution < -0.4 is 11.5 Å². The van der Waals surface area contributed by atoms with Crippen LogP contribution in [0.4, 0.5) is 0 Å². The highest BCUT2D eigenvalue weighted by Crippen LogP contribution is 2.28. The van der Waals surface area contributed by atoms with Gasteiger partial charge in [-0.05, 0) is 37.1 Å². The summed E-state index contributed by atoms with van der Waals surface area (Å²) in [7, 11) is 0. The molecule has 2 N–H and O–H groups in total. The Bertz CT molecular complexity index is 1160. The topological polar surface area (TPSA) is 100 Å². The van der Waals surface area contributed by atoms with Gasteiger partial charge in [-0.3, -0.25) is 0 Å². The first kappa shape index (κ1) is 16.5. The summed E-state index contributed by atoms with van der Waals surface area (Å²) in [4.78, 5) is 11.8. The van der Waals surface area contributed by atoms with Crippen molar-refractivity contribution in [3.63, 3.8) is 0 Å². The first-order chi connectivity index (χ1) is 12.5. The first-order valence-electron chi connectivity index (χ1n) is 7.94. The maximum Gasteiger partial charge on any atom is 0.336 e. The van der Waals surface area contributed by atoms with E-state index in [1.165, 1.54) is 22.5 Å². The lowest BCUT2D eigenvalue weighted by atomic mass is 10.1. The number of fused-ring (bicyclic) bond motifs is 1. The number of furan rings is 1. The normalized spacial score (nSPS) is 11.3. The van der Waals surface area contributed by atoms with Crippen molar-refractivity contribution in [2.24, 2.45) is 0 Å². The van der Waals surface area contributed by atoms with Gasteiger partial charge in [-0.1, -0.05) is 23.9 Å². The summed E-state index contributed by atoms with van der Waals surface area (Å²) in [5, 5.41) is 9.75. The number of rotatable bonds is 4. The van der Waals surface area contributed by atoms with Crippen LogP contribution in [-0.2, 0) is 5.75 Å². The molecule has 7 nitrogen and oxygen atoms in total. The standard InChI is InChI=1S/C18H16N4O3S/c1-10-3-4-14-12(8-16(23)25-15(14)7-10)9-26-18-21-20-17(22(18)19)13-5-6-24-11(13)2/h3-8H,9,19H2,1-2H3. The highest BCUT2D eigenvalue weighted by Gasteiger charge is 2.16. The summed E-state index contributed by atoms with van der Waals surface area (Å²) in [6, 6.07) is 9.10. The highest BCUT2D eigenvalue weighted by molar-refractivity contribution is 7.98. The summed E-state index contributed by atoms with van der Waals surface area (Å²) >= 11 is 1.41. The van der Waals surface area contributed by atoms with E-state index in [1.807, 2.05) is 32.0 Å². The van der Waals surface area contributed by atoms with Crippen molar-refractivity contribution in [3.05, 3.63) is 63.9 Å². The number of nitrogens with zero attached hydrogens (tertiary/aromatic N) is 3. The molecule has 0 saturated carbocycles. The van der Waals surface area contributed by atoms with Crippen LogP contribution in [-0.4, -0.2) is 14.9 Å². The van der Waals surface area contributed by atoms with Gasteiger partial charge in [0, 0.05) is 17.2 Å². The third-order valence-corrected chi connectivity index (χ3v) is 5.10. The molecule has 0 atom stereocenters. The fourth-order valence-electron chi connectivity index (χ4n) is 2.77. The summed E-state index contributed by atoms with van der Waals surface area (Å²) in [5.74, 6) is 7.92. The number of nitrogens with two attached hydrogens (primary N) is 1. The van der Waals surface area contributed by atoms with E-state index in [1.54, 1.807) is 12.3 Å². The number of thioether (sulfide) groups is 1. The van der Waals surface area contributed by atoms with Crippen LogP contribution in [0, 0.1) is 13.8 Å². The third-order valence-electron chi connectivity index (χ3n) is 4.11. The van der Waals surface area contributed by atoms with Crippen molar-refractivity contribution in [3.8, 4) is 11.4 Å². The van der Waals surface area contributed by atoms with Crippen LogP contribution >= 0.6 is 11.8 Å². The van der Waals surface area contributed by atoms with Crippen LogP contribution in [0.1, 0.15) is 16.9 Å². The van der Waals surface area contributed by atoms with E-state index in [-0.39, 0.29) is 5.63 Å². The summed E-state index contributed by atoms with van der Waals surface area (Å²) in [5.41, 5.74) is 2.91. The molecule has 26 heavy (non-hydrogen) atoms. The molecule has 1 aromatic carbocycles. The monoisotopic (exact) mass is 368 g/mol. The van der Waals surface area contributed by atoms with Gasteiger partial charge in [0.25, 0.3) is 0 Å². The Hall–Kier alpha value is -3.00. The van der Waals surface area contributed by atoms with Crippen LogP contribution in [0.3, 0.4) is 0 Å². The SMILES string of the molecule is Cc1ccc2c(CSc3nnc(-c4ccoc4C)n3N)cc(=O)oc2c1. The zero-order chi connectivity index (χ0) is 18.3. The van der Waals surface area contributed by atoms with Crippen LogP contribution in [0.5, 0.6) is 0 Å². The Morgan fingerprint density at radius 1 is 1.19 bits per heavy atom. The van der Waals surface area contributed by atoms with Gasteiger partial charge in [0.15, 0.2) is 5.82 Å². The molecule has 0 saturated heterocycles. The second-order valence-corrected chi connectivity index (χ2v) is 6.89. The smallest absolute Gasteiger partial charge is 0.336 e. The molecule has 4 aromatic rings. The van der Waals surface area contributed by atoms with Crippen LogP contribution in [0.25, 0.3) is 22.4 Å². The molecular weight excluding hydrogens is 352 g/mol. The average Bonchev–Trinajstić information content (AvgIpc) is 3.17. The number of hydrogen-bond donors (Lipinski definition) is 1. The van der Waals surface area contributed by atoms with E-state index in [2.05, 4.69) is 10.2 Å². The van der Waals surface area contributed by atoms with Gasteiger partial charge in [-0.2, -0.15) is 0 Å². The fraction of sp³-hybridized carbons (Fsp3) is 0.167. The molecule has 0 amide bonds. The maximum absolute atomic E-state index is 11.8. The van der Waals surface area contributed by atoms with Gasteiger partial charge in [0.2, 0.25) is 5.16 Å². The molecule has 0 radical (unpaired) electrons. The Balaban J connectivity index is 1.65. The van der Waals surface area contributed by atoms with Crippen molar-refractivity contribution in [1.29, 1.82) is 0 Å². The van der Waals surface area contributed by atoms with E-state index in [0.29, 0.717) is 22.3 Å². The van der Waals surface area contributed by atoms with Crippen molar-refractivity contribution in [2.45, 2.75) is 24.8 Å². The van der Waals surface area contributed by atoms with E-state index in [4.69, 9.17) is 14.7 Å². The predicted molar refractivity (Wildman–Crippen MR) is 99.4 cm³/mol. The molecule has 0 spiro atoms. The first-order valence-corrected chi connectivity index (χ1v) is 8.92. The molecule has 0 unspecified atom stereocenters. The number of hydrogen-bond acceptors (Lipinski definition) is 7. The van der Waals surface area contributed by atoms with Gasteiger partial charge in [0.1, 0.15) is 11.3 Å². The Labute approximate surface area is 152 Å². The summed E-state index contributed by atoms with van der Waals surface area (Å²) in [6.07, 6.45) is 1.59. The van der Waals surface area contributed by atoms with Gasteiger partial charge >= 0.3 is 5.63 Å². The lowest BCUT2D eigenvalue weighted by Gasteiger charge is -2.06. The lowest BCUT2D eigenvalue weighted by Crippen LogP contribution is -2.11. The molecule has 4 rings (SSSR count). The largest absolute Gasteiger partial charge is 0.469 e. The van der Waals surface area contributed by atoms with Crippen molar-refractivity contribution in [2.75, 3.05) is 5.84 Å².